The van der Waals surface area contributed by atoms with Crippen molar-refractivity contribution in [3.8, 4) is 0 Å². The van der Waals surface area contributed by atoms with Gasteiger partial charge in [0.15, 0.2) is 0 Å². The van der Waals surface area contributed by atoms with E-state index in [2.05, 4.69) is 4.84 Å². The van der Waals surface area contributed by atoms with Gasteiger partial charge in [0.1, 0.15) is 0 Å². The first-order valence-corrected chi connectivity index (χ1v) is 3.14. The predicted octanol–water partition coefficient (Wildman–Crippen LogP) is -0.141. The molecule has 0 spiro atoms. The van der Waals surface area contributed by atoms with Crippen LogP contribution in [0, 0.1) is 0 Å². The number of hydroxylamine groups is 2. The van der Waals surface area contributed by atoms with Gasteiger partial charge in [-0.05, 0) is 6.42 Å². The number of imide groups is 1. The number of nitrogens with zero attached hydrogens (tertiary/aromatic N) is 1. The summed E-state index contributed by atoms with van der Waals surface area (Å²) in [6.45, 7) is 1.81. The average Bonchev–Trinajstić information content (AvgIpc) is 2.00. The summed E-state index contributed by atoms with van der Waals surface area (Å²) in [5.74, 6) is -0.519. The Hall–Kier alpha value is -1.39. The molecule has 0 fully saturated rings. The third kappa shape index (κ3) is 3.34. The van der Waals surface area contributed by atoms with E-state index in [1.807, 2.05) is 0 Å². The number of rotatable bonds is 5. The standard InChI is InChI=1S/C6H9NO4/c1-2-3-6(10)7(4-8)11-5-9/h4-5H,2-3H2,1H3. The van der Waals surface area contributed by atoms with Crippen molar-refractivity contribution in [2.45, 2.75) is 19.8 Å². The van der Waals surface area contributed by atoms with Gasteiger partial charge in [-0.3, -0.25) is 14.4 Å². The largest absolute Gasteiger partial charge is 0.334 e. The molecule has 11 heavy (non-hydrogen) atoms. The van der Waals surface area contributed by atoms with Crippen molar-refractivity contribution in [1.29, 1.82) is 0 Å². The molecule has 2 amide bonds. The first kappa shape index (κ1) is 9.61. The smallest absolute Gasteiger partial charge is 0.321 e. The molecule has 0 heterocycles. The Morgan fingerprint density at radius 2 is 2.18 bits per heavy atom. The van der Waals surface area contributed by atoms with Crippen LogP contribution in [0.4, 0.5) is 0 Å². The van der Waals surface area contributed by atoms with E-state index >= 15 is 0 Å². The fourth-order valence-corrected chi connectivity index (χ4v) is 0.513. The molecule has 0 aliphatic heterocycles. The zero-order valence-corrected chi connectivity index (χ0v) is 6.15. The highest BCUT2D eigenvalue weighted by atomic mass is 16.7. The topological polar surface area (TPSA) is 63.7 Å². The minimum absolute atomic E-state index is 0.0297. The predicted molar refractivity (Wildman–Crippen MR) is 35.0 cm³/mol. The molecule has 0 unspecified atom stereocenters. The van der Waals surface area contributed by atoms with Crippen LogP contribution in [-0.2, 0) is 19.2 Å². The summed E-state index contributed by atoms with van der Waals surface area (Å²) < 4.78 is 0. The molecule has 0 N–H and O–H groups in total. The van der Waals surface area contributed by atoms with Gasteiger partial charge in [-0.1, -0.05) is 6.92 Å². The maximum Gasteiger partial charge on any atom is 0.321 e. The number of hydrogen-bond donors (Lipinski definition) is 0. The van der Waals surface area contributed by atoms with E-state index in [0.717, 1.165) is 0 Å². The monoisotopic (exact) mass is 159 g/mol. The summed E-state index contributed by atoms with van der Waals surface area (Å²) in [7, 11) is 0. The van der Waals surface area contributed by atoms with Crippen molar-refractivity contribution in [2.75, 3.05) is 0 Å². The van der Waals surface area contributed by atoms with E-state index in [0.29, 0.717) is 11.5 Å². The van der Waals surface area contributed by atoms with Crippen molar-refractivity contribution in [2.24, 2.45) is 0 Å². The van der Waals surface area contributed by atoms with Crippen LogP contribution >= 0.6 is 0 Å². The van der Waals surface area contributed by atoms with E-state index in [1.54, 1.807) is 6.92 Å². The second-order valence-corrected chi connectivity index (χ2v) is 1.78. The lowest BCUT2D eigenvalue weighted by Crippen LogP contribution is -2.28. The summed E-state index contributed by atoms with van der Waals surface area (Å²) in [4.78, 5) is 34.6. The van der Waals surface area contributed by atoms with Crippen LogP contribution in [0.5, 0.6) is 0 Å². The van der Waals surface area contributed by atoms with Crippen LogP contribution in [-0.4, -0.2) is 23.9 Å². The fraction of sp³-hybridized carbons (Fsp3) is 0.500. The van der Waals surface area contributed by atoms with Crippen molar-refractivity contribution in [3.63, 3.8) is 0 Å². The fourth-order valence-electron chi connectivity index (χ4n) is 0.513. The molecule has 0 saturated carbocycles. The summed E-state index contributed by atoms with van der Waals surface area (Å²) in [5, 5.41) is 0.372. The Morgan fingerprint density at radius 3 is 2.55 bits per heavy atom. The SMILES string of the molecule is CCCC(=O)N(C=O)OC=O. The number of amides is 2. The zero-order chi connectivity index (χ0) is 8.69. The first-order valence-electron chi connectivity index (χ1n) is 3.14. The molecule has 5 nitrogen and oxygen atoms in total. The molecule has 0 aromatic heterocycles. The molecule has 0 aromatic rings. The summed E-state index contributed by atoms with van der Waals surface area (Å²) in [5.41, 5.74) is 0. The van der Waals surface area contributed by atoms with Crippen molar-refractivity contribution in [1.82, 2.24) is 5.06 Å². The Balaban J connectivity index is 3.90. The van der Waals surface area contributed by atoms with Crippen LogP contribution in [0.25, 0.3) is 0 Å². The molecule has 5 heteroatoms. The second kappa shape index (κ2) is 5.40. The van der Waals surface area contributed by atoms with Crippen LogP contribution in [0.3, 0.4) is 0 Å². The molecule has 0 atom stereocenters. The lowest BCUT2D eigenvalue weighted by molar-refractivity contribution is -0.187. The first-order chi connectivity index (χ1) is 5.26. The number of carbonyl (C=O) groups is 3. The third-order valence-corrected chi connectivity index (χ3v) is 0.962. The molecule has 62 valence electrons. The van der Waals surface area contributed by atoms with Crippen molar-refractivity contribution < 1.29 is 19.2 Å². The molecule has 0 aliphatic rings. The van der Waals surface area contributed by atoms with E-state index < -0.39 is 5.91 Å². The summed E-state index contributed by atoms with van der Waals surface area (Å²) in [6, 6.07) is 0. The maximum absolute atomic E-state index is 10.8. The molecule has 0 bridgehead atoms. The van der Waals surface area contributed by atoms with E-state index in [1.165, 1.54) is 0 Å². The molecule has 0 radical (unpaired) electrons. The van der Waals surface area contributed by atoms with Gasteiger partial charge in [-0.15, -0.1) is 5.06 Å². The molecular formula is C6H9NO4. The summed E-state index contributed by atoms with van der Waals surface area (Å²) >= 11 is 0. The quantitative estimate of drug-likeness (QED) is 0.413. The van der Waals surface area contributed by atoms with E-state index in [4.69, 9.17) is 0 Å². The van der Waals surface area contributed by atoms with Gasteiger partial charge in [0.2, 0.25) is 0 Å². The van der Waals surface area contributed by atoms with Gasteiger partial charge >= 0.3 is 6.47 Å². The molecule has 0 aromatic carbocycles. The Morgan fingerprint density at radius 1 is 1.55 bits per heavy atom. The Bertz CT molecular complexity index is 157. The van der Waals surface area contributed by atoms with Crippen LogP contribution in [0.1, 0.15) is 19.8 Å². The highest BCUT2D eigenvalue weighted by molar-refractivity contribution is 5.85. The van der Waals surface area contributed by atoms with Crippen LogP contribution in [0.2, 0.25) is 0 Å². The minimum atomic E-state index is -0.519. The lowest BCUT2D eigenvalue weighted by atomic mass is 10.3. The minimum Gasteiger partial charge on any atom is -0.334 e. The highest BCUT2D eigenvalue weighted by Crippen LogP contribution is 1.93. The highest BCUT2D eigenvalue weighted by Gasteiger charge is 2.11. The van der Waals surface area contributed by atoms with Gasteiger partial charge in [0, 0.05) is 6.42 Å². The van der Waals surface area contributed by atoms with E-state index in [9.17, 15) is 14.4 Å². The van der Waals surface area contributed by atoms with Crippen LogP contribution < -0.4 is 0 Å². The van der Waals surface area contributed by atoms with Crippen molar-refractivity contribution in [3.05, 3.63) is 0 Å². The second-order valence-electron chi connectivity index (χ2n) is 1.78. The van der Waals surface area contributed by atoms with E-state index in [-0.39, 0.29) is 19.3 Å². The molecule has 0 aliphatic carbocycles. The van der Waals surface area contributed by atoms with Crippen molar-refractivity contribution >= 4 is 18.8 Å². The van der Waals surface area contributed by atoms with Crippen LogP contribution in [0.15, 0.2) is 0 Å². The average molecular weight is 159 g/mol. The maximum atomic E-state index is 10.8. The Kier molecular flexibility index (Phi) is 4.72. The van der Waals surface area contributed by atoms with Gasteiger partial charge in [-0.2, -0.15) is 0 Å². The zero-order valence-electron chi connectivity index (χ0n) is 6.15. The Labute approximate surface area is 63.9 Å². The van der Waals surface area contributed by atoms with Gasteiger partial charge < -0.3 is 4.84 Å². The third-order valence-electron chi connectivity index (χ3n) is 0.962. The molecule has 0 saturated heterocycles. The number of hydrogen-bond acceptors (Lipinski definition) is 4. The van der Waals surface area contributed by atoms with Gasteiger partial charge in [0.25, 0.3) is 12.3 Å². The number of carbonyl (C=O) groups excluding carboxylic acids is 3. The summed E-state index contributed by atoms with van der Waals surface area (Å²) in [6.07, 6.45) is 0.949. The molecular weight excluding hydrogens is 150 g/mol. The van der Waals surface area contributed by atoms with Gasteiger partial charge in [-0.25, -0.2) is 0 Å². The normalized spacial score (nSPS) is 8.45. The lowest BCUT2D eigenvalue weighted by Gasteiger charge is -2.09. The van der Waals surface area contributed by atoms with Gasteiger partial charge in [0.05, 0.1) is 0 Å². The molecule has 0 rings (SSSR count).